The van der Waals surface area contributed by atoms with Gasteiger partial charge in [0.2, 0.25) is 5.89 Å². The Morgan fingerprint density at radius 1 is 1.21 bits per heavy atom. The van der Waals surface area contributed by atoms with Gasteiger partial charge in [-0.15, -0.1) is 21.5 Å². The first-order valence-corrected chi connectivity index (χ1v) is 9.63. The molecule has 28 heavy (non-hydrogen) atoms. The summed E-state index contributed by atoms with van der Waals surface area (Å²) in [6.07, 6.45) is -2.99. The molecule has 0 unspecified atom stereocenters. The van der Waals surface area contributed by atoms with E-state index >= 15 is 0 Å². The number of amides is 1. The van der Waals surface area contributed by atoms with E-state index in [1.165, 1.54) is 23.5 Å². The number of benzene rings is 1. The average Bonchev–Trinajstić information content (AvgIpc) is 3.38. The van der Waals surface area contributed by atoms with Crippen LogP contribution >= 0.6 is 11.3 Å². The number of alkyl halides is 3. The summed E-state index contributed by atoms with van der Waals surface area (Å²) in [6, 6.07) is 8.28. The van der Waals surface area contributed by atoms with Crippen LogP contribution in [0.2, 0.25) is 0 Å². The molecule has 1 aromatic carbocycles. The van der Waals surface area contributed by atoms with E-state index in [2.05, 4.69) is 10.2 Å². The molecule has 0 saturated carbocycles. The number of halogens is 3. The molecule has 1 aliphatic rings. The summed E-state index contributed by atoms with van der Waals surface area (Å²) in [5, 5.41) is 10.1. The number of piperidine rings is 1. The third-order valence-electron chi connectivity index (χ3n) is 4.67. The van der Waals surface area contributed by atoms with Crippen molar-refractivity contribution < 1.29 is 22.4 Å². The minimum atomic E-state index is -4.48. The fourth-order valence-corrected chi connectivity index (χ4v) is 3.92. The molecule has 1 aliphatic heterocycles. The van der Waals surface area contributed by atoms with Crippen LogP contribution in [0, 0.1) is 0 Å². The highest BCUT2D eigenvalue weighted by molar-refractivity contribution is 7.13. The predicted octanol–water partition coefficient (Wildman–Crippen LogP) is 4.84. The number of thiophene rings is 1. The molecule has 0 spiro atoms. The molecule has 3 aromatic rings. The summed E-state index contributed by atoms with van der Waals surface area (Å²) in [6.45, 7) is 0.818. The number of nitrogens with zero attached hydrogens (tertiary/aromatic N) is 3. The Labute approximate surface area is 162 Å². The van der Waals surface area contributed by atoms with E-state index in [0.717, 1.165) is 23.4 Å². The van der Waals surface area contributed by atoms with Gasteiger partial charge < -0.3 is 9.32 Å². The maximum absolute atomic E-state index is 12.9. The van der Waals surface area contributed by atoms with Gasteiger partial charge in [0.1, 0.15) is 0 Å². The van der Waals surface area contributed by atoms with Gasteiger partial charge in [0.15, 0.2) is 0 Å². The number of likely N-dealkylation sites (tertiary alicyclic amines) is 1. The van der Waals surface area contributed by atoms with Gasteiger partial charge >= 0.3 is 6.18 Å². The van der Waals surface area contributed by atoms with Crippen molar-refractivity contribution in [3.8, 4) is 10.8 Å². The summed E-state index contributed by atoms with van der Waals surface area (Å²) in [5.74, 6) is 0.328. The highest BCUT2D eigenvalue weighted by atomic mass is 32.1. The Bertz CT molecular complexity index is 969. The molecule has 0 bridgehead atoms. The molecule has 9 heteroatoms. The Morgan fingerprint density at radius 3 is 2.82 bits per heavy atom. The monoisotopic (exact) mass is 407 g/mol. The molecular weight excluding hydrogens is 391 g/mol. The predicted molar refractivity (Wildman–Crippen MR) is 96.9 cm³/mol. The zero-order valence-corrected chi connectivity index (χ0v) is 15.5. The van der Waals surface area contributed by atoms with Crippen LogP contribution in [0.3, 0.4) is 0 Å². The Hall–Kier alpha value is -2.68. The zero-order valence-electron chi connectivity index (χ0n) is 14.6. The zero-order chi connectivity index (χ0) is 19.7. The molecule has 4 rings (SSSR count). The van der Waals surface area contributed by atoms with E-state index in [-0.39, 0.29) is 11.5 Å². The highest BCUT2D eigenvalue weighted by Gasteiger charge is 2.33. The van der Waals surface area contributed by atoms with Crippen molar-refractivity contribution in [3.05, 3.63) is 58.8 Å². The van der Waals surface area contributed by atoms with E-state index in [1.54, 1.807) is 4.90 Å². The second-order valence-electron chi connectivity index (χ2n) is 6.59. The topological polar surface area (TPSA) is 59.2 Å². The SMILES string of the molecule is O=C(c1cccc(C(F)(F)F)c1)N1CCC[C@H](c2nnc(-c3cccs3)o2)C1. The third kappa shape index (κ3) is 3.80. The number of carbonyl (C=O) groups excluding carboxylic acids is 1. The van der Waals surface area contributed by atoms with Crippen LogP contribution in [-0.2, 0) is 6.18 Å². The first-order chi connectivity index (χ1) is 13.4. The summed E-state index contributed by atoms with van der Waals surface area (Å²) < 4.78 is 44.5. The largest absolute Gasteiger partial charge is 0.420 e. The average molecular weight is 407 g/mol. The lowest BCUT2D eigenvalue weighted by molar-refractivity contribution is -0.137. The number of hydrogen-bond donors (Lipinski definition) is 0. The fourth-order valence-electron chi connectivity index (χ4n) is 3.27. The van der Waals surface area contributed by atoms with Crippen molar-refractivity contribution in [1.82, 2.24) is 15.1 Å². The van der Waals surface area contributed by atoms with Crippen LogP contribution in [0.1, 0.15) is 40.6 Å². The number of rotatable bonds is 3. The van der Waals surface area contributed by atoms with Crippen LogP contribution < -0.4 is 0 Å². The van der Waals surface area contributed by atoms with Gasteiger partial charge in [0.05, 0.1) is 16.4 Å². The molecule has 3 heterocycles. The molecule has 0 radical (unpaired) electrons. The molecule has 146 valence electrons. The summed E-state index contributed by atoms with van der Waals surface area (Å²) in [4.78, 5) is 15.2. The second-order valence-corrected chi connectivity index (χ2v) is 7.54. The first kappa shape index (κ1) is 18.7. The maximum Gasteiger partial charge on any atom is 0.416 e. The number of carbonyl (C=O) groups is 1. The van der Waals surface area contributed by atoms with Crippen molar-refractivity contribution in [2.75, 3.05) is 13.1 Å². The minimum absolute atomic E-state index is 0.0280. The van der Waals surface area contributed by atoms with E-state index in [1.807, 2.05) is 17.5 Å². The lowest BCUT2D eigenvalue weighted by atomic mass is 9.97. The first-order valence-electron chi connectivity index (χ1n) is 8.75. The smallest absolute Gasteiger partial charge is 0.416 e. The summed E-state index contributed by atoms with van der Waals surface area (Å²) in [5.41, 5.74) is -0.801. The summed E-state index contributed by atoms with van der Waals surface area (Å²) >= 11 is 1.49. The number of hydrogen-bond acceptors (Lipinski definition) is 5. The second kappa shape index (κ2) is 7.38. The molecule has 0 aliphatic carbocycles. The molecule has 0 N–H and O–H groups in total. The molecule has 1 amide bonds. The van der Waals surface area contributed by atoms with Gasteiger partial charge in [-0.05, 0) is 42.5 Å². The third-order valence-corrected chi connectivity index (χ3v) is 5.53. The number of aromatic nitrogens is 2. The Kier molecular flexibility index (Phi) is 4.92. The molecule has 5 nitrogen and oxygen atoms in total. The van der Waals surface area contributed by atoms with Gasteiger partial charge in [-0.2, -0.15) is 13.2 Å². The van der Waals surface area contributed by atoms with E-state index in [9.17, 15) is 18.0 Å². The van der Waals surface area contributed by atoms with Crippen molar-refractivity contribution in [2.45, 2.75) is 24.9 Å². The van der Waals surface area contributed by atoms with Crippen molar-refractivity contribution >= 4 is 17.2 Å². The normalized spacial score (nSPS) is 17.7. The van der Waals surface area contributed by atoms with Crippen LogP contribution in [0.4, 0.5) is 13.2 Å². The van der Waals surface area contributed by atoms with Crippen LogP contribution in [0.5, 0.6) is 0 Å². The molecule has 2 aromatic heterocycles. The van der Waals surface area contributed by atoms with Crippen molar-refractivity contribution in [3.63, 3.8) is 0 Å². The summed E-state index contributed by atoms with van der Waals surface area (Å²) in [7, 11) is 0. The highest BCUT2D eigenvalue weighted by Crippen LogP contribution is 2.32. The van der Waals surface area contributed by atoms with Gasteiger partial charge in [-0.25, -0.2) is 0 Å². The van der Waals surface area contributed by atoms with Crippen molar-refractivity contribution in [1.29, 1.82) is 0 Å². The van der Waals surface area contributed by atoms with E-state index in [4.69, 9.17) is 4.42 Å². The fraction of sp³-hybridized carbons (Fsp3) is 0.316. The van der Waals surface area contributed by atoms with Gasteiger partial charge in [0, 0.05) is 18.7 Å². The van der Waals surface area contributed by atoms with E-state index < -0.39 is 17.6 Å². The van der Waals surface area contributed by atoms with Gasteiger partial charge in [-0.1, -0.05) is 12.1 Å². The molecule has 1 atom stereocenters. The van der Waals surface area contributed by atoms with Gasteiger partial charge in [-0.3, -0.25) is 4.79 Å². The van der Waals surface area contributed by atoms with Crippen LogP contribution in [-0.4, -0.2) is 34.1 Å². The minimum Gasteiger partial charge on any atom is -0.420 e. The lowest BCUT2D eigenvalue weighted by Gasteiger charge is -2.31. The molecule has 1 fully saturated rings. The maximum atomic E-state index is 12.9. The molecular formula is C19H16F3N3O2S. The van der Waals surface area contributed by atoms with Crippen LogP contribution in [0.15, 0.2) is 46.2 Å². The van der Waals surface area contributed by atoms with E-state index in [0.29, 0.717) is 31.3 Å². The molecule has 1 saturated heterocycles. The van der Waals surface area contributed by atoms with Crippen molar-refractivity contribution in [2.24, 2.45) is 0 Å². The Balaban J connectivity index is 1.50. The Morgan fingerprint density at radius 2 is 2.07 bits per heavy atom. The standard InChI is InChI=1S/C19H16F3N3O2S/c20-19(21,22)14-6-1-4-12(10-14)18(26)25-8-2-5-13(11-25)16-23-24-17(27-16)15-7-3-9-28-15/h1,3-4,6-7,9-10,13H,2,5,8,11H2/t13-/m0/s1. The quantitative estimate of drug-likeness (QED) is 0.624. The van der Waals surface area contributed by atoms with Gasteiger partial charge in [0.25, 0.3) is 11.8 Å². The lowest BCUT2D eigenvalue weighted by Crippen LogP contribution is -2.39. The van der Waals surface area contributed by atoms with Crippen LogP contribution in [0.25, 0.3) is 10.8 Å².